The normalized spacial score (nSPS) is 18.9. The van der Waals surface area contributed by atoms with E-state index in [1.165, 1.54) is 0 Å². The van der Waals surface area contributed by atoms with Crippen LogP contribution in [-0.4, -0.2) is 27.9 Å². The molecule has 0 atom stereocenters. The molecular formula is C6H10N4. The molecule has 0 radical (unpaired) electrons. The Morgan fingerprint density at radius 1 is 1.70 bits per heavy atom. The van der Waals surface area contributed by atoms with E-state index in [0.717, 1.165) is 18.9 Å². The van der Waals surface area contributed by atoms with Gasteiger partial charge in [0.2, 0.25) is 0 Å². The number of hydrogen-bond donors (Lipinski definition) is 1. The van der Waals surface area contributed by atoms with Crippen LogP contribution in [0, 0.1) is 0 Å². The highest BCUT2D eigenvalue weighted by Crippen LogP contribution is 2.13. The Labute approximate surface area is 59.3 Å². The smallest absolute Gasteiger partial charge is 0.156 e. The van der Waals surface area contributed by atoms with Gasteiger partial charge in [-0.05, 0) is 0 Å². The maximum atomic E-state index is 4.20. The van der Waals surface area contributed by atoms with E-state index in [0.29, 0.717) is 5.92 Å². The van der Waals surface area contributed by atoms with E-state index in [-0.39, 0.29) is 0 Å². The van der Waals surface area contributed by atoms with Crippen LogP contribution in [0.25, 0.3) is 0 Å². The van der Waals surface area contributed by atoms with Crippen molar-refractivity contribution in [3.8, 4) is 0 Å². The molecule has 0 aromatic carbocycles. The van der Waals surface area contributed by atoms with E-state index >= 15 is 0 Å². The second-order valence-electron chi connectivity index (χ2n) is 2.63. The fourth-order valence-electron chi connectivity index (χ4n) is 1.01. The maximum absolute atomic E-state index is 4.20. The van der Waals surface area contributed by atoms with Crippen LogP contribution >= 0.6 is 0 Å². The van der Waals surface area contributed by atoms with Crippen molar-refractivity contribution < 1.29 is 0 Å². The molecule has 1 aromatic heterocycles. The lowest BCUT2D eigenvalue weighted by Crippen LogP contribution is -2.40. The van der Waals surface area contributed by atoms with Crippen molar-refractivity contribution in [1.29, 1.82) is 0 Å². The van der Waals surface area contributed by atoms with Gasteiger partial charge in [-0.2, -0.15) is 5.10 Å². The summed E-state index contributed by atoms with van der Waals surface area (Å²) in [5.41, 5.74) is 0. The number of hydrogen-bond acceptors (Lipinski definition) is 3. The molecule has 10 heavy (non-hydrogen) atoms. The summed E-state index contributed by atoms with van der Waals surface area (Å²) in [7, 11) is 1.89. The topological polar surface area (TPSA) is 42.7 Å². The molecule has 0 aliphatic carbocycles. The van der Waals surface area contributed by atoms with Gasteiger partial charge in [-0.1, -0.05) is 0 Å². The van der Waals surface area contributed by atoms with E-state index in [4.69, 9.17) is 0 Å². The quantitative estimate of drug-likeness (QED) is 0.569. The van der Waals surface area contributed by atoms with Crippen molar-refractivity contribution in [2.45, 2.75) is 5.92 Å². The Hall–Kier alpha value is -0.900. The first-order valence-electron chi connectivity index (χ1n) is 3.42. The van der Waals surface area contributed by atoms with E-state index in [1.807, 2.05) is 7.05 Å². The summed E-state index contributed by atoms with van der Waals surface area (Å²) in [6.45, 7) is 2.06. The van der Waals surface area contributed by atoms with Gasteiger partial charge in [0.25, 0.3) is 0 Å². The van der Waals surface area contributed by atoms with Crippen molar-refractivity contribution in [2.75, 3.05) is 13.1 Å². The van der Waals surface area contributed by atoms with Crippen molar-refractivity contribution in [3.63, 3.8) is 0 Å². The SMILES string of the molecule is Cn1cnc(C2CNC2)n1. The third-order valence-electron chi connectivity index (χ3n) is 1.76. The van der Waals surface area contributed by atoms with Crippen LogP contribution in [0.4, 0.5) is 0 Å². The molecule has 0 bridgehead atoms. The zero-order valence-electron chi connectivity index (χ0n) is 5.91. The van der Waals surface area contributed by atoms with Crippen LogP contribution in [0.1, 0.15) is 11.7 Å². The van der Waals surface area contributed by atoms with Crippen molar-refractivity contribution in [3.05, 3.63) is 12.2 Å². The first-order chi connectivity index (χ1) is 4.86. The second-order valence-corrected chi connectivity index (χ2v) is 2.63. The summed E-state index contributed by atoms with van der Waals surface area (Å²) >= 11 is 0. The number of aromatic nitrogens is 3. The van der Waals surface area contributed by atoms with Gasteiger partial charge in [0.15, 0.2) is 5.82 Å². The van der Waals surface area contributed by atoms with Crippen LogP contribution in [0.15, 0.2) is 6.33 Å². The molecule has 4 heteroatoms. The Morgan fingerprint density at radius 3 is 2.90 bits per heavy atom. The van der Waals surface area contributed by atoms with Gasteiger partial charge in [-0.25, -0.2) is 4.98 Å². The summed E-state index contributed by atoms with van der Waals surface area (Å²) in [4.78, 5) is 4.15. The molecule has 1 aromatic rings. The molecule has 0 amide bonds. The minimum Gasteiger partial charge on any atom is -0.315 e. The molecule has 2 heterocycles. The first-order valence-corrected chi connectivity index (χ1v) is 3.42. The van der Waals surface area contributed by atoms with Crippen LogP contribution < -0.4 is 5.32 Å². The van der Waals surface area contributed by atoms with Crippen LogP contribution in [0.3, 0.4) is 0 Å². The van der Waals surface area contributed by atoms with Crippen LogP contribution in [-0.2, 0) is 7.05 Å². The number of nitrogens with zero attached hydrogens (tertiary/aromatic N) is 3. The highest BCUT2D eigenvalue weighted by atomic mass is 15.3. The molecule has 1 aliphatic rings. The monoisotopic (exact) mass is 138 g/mol. The third-order valence-corrected chi connectivity index (χ3v) is 1.76. The minimum absolute atomic E-state index is 0.557. The lowest BCUT2D eigenvalue weighted by molar-refractivity contribution is 0.428. The molecule has 2 rings (SSSR count). The lowest BCUT2D eigenvalue weighted by Gasteiger charge is -2.23. The predicted molar refractivity (Wildman–Crippen MR) is 36.6 cm³/mol. The molecule has 1 saturated heterocycles. The molecule has 0 unspecified atom stereocenters. The highest BCUT2D eigenvalue weighted by molar-refractivity contribution is 5.01. The highest BCUT2D eigenvalue weighted by Gasteiger charge is 2.21. The van der Waals surface area contributed by atoms with Gasteiger partial charge < -0.3 is 5.32 Å². The maximum Gasteiger partial charge on any atom is 0.156 e. The fraction of sp³-hybridized carbons (Fsp3) is 0.667. The van der Waals surface area contributed by atoms with Gasteiger partial charge in [-0.15, -0.1) is 0 Å². The fourth-order valence-corrected chi connectivity index (χ4v) is 1.01. The lowest BCUT2D eigenvalue weighted by atomic mass is 10.0. The van der Waals surface area contributed by atoms with Crippen molar-refractivity contribution in [2.24, 2.45) is 7.05 Å². The van der Waals surface area contributed by atoms with Crippen LogP contribution in [0.5, 0.6) is 0 Å². The Bertz CT molecular complexity index is 225. The molecule has 0 saturated carbocycles. The predicted octanol–water partition coefficient (Wildman–Crippen LogP) is -0.498. The molecule has 1 N–H and O–H groups in total. The molecule has 0 spiro atoms. The number of nitrogens with one attached hydrogen (secondary N) is 1. The summed E-state index contributed by atoms with van der Waals surface area (Å²) in [6, 6.07) is 0. The zero-order chi connectivity index (χ0) is 6.97. The average Bonchev–Trinajstić information content (AvgIpc) is 2.10. The molecule has 1 fully saturated rings. The zero-order valence-corrected chi connectivity index (χ0v) is 5.91. The Kier molecular flexibility index (Phi) is 1.20. The molecule has 1 aliphatic heterocycles. The van der Waals surface area contributed by atoms with Gasteiger partial charge in [0.1, 0.15) is 6.33 Å². The second kappa shape index (κ2) is 2.05. The molecular weight excluding hydrogens is 128 g/mol. The van der Waals surface area contributed by atoms with Crippen molar-refractivity contribution in [1.82, 2.24) is 20.1 Å². The van der Waals surface area contributed by atoms with Crippen molar-refractivity contribution >= 4 is 0 Å². The van der Waals surface area contributed by atoms with E-state index in [1.54, 1.807) is 11.0 Å². The van der Waals surface area contributed by atoms with Gasteiger partial charge >= 0.3 is 0 Å². The van der Waals surface area contributed by atoms with E-state index < -0.39 is 0 Å². The molecule has 4 nitrogen and oxygen atoms in total. The first kappa shape index (κ1) is 5.85. The van der Waals surface area contributed by atoms with E-state index in [9.17, 15) is 0 Å². The van der Waals surface area contributed by atoms with Gasteiger partial charge in [0, 0.05) is 26.1 Å². The average molecular weight is 138 g/mol. The Morgan fingerprint density at radius 2 is 2.50 bits per heavy atom. The third kappa shape index (κ3) is 0.806. The van der Waals surface area contributed by atoms with Crippen LogP contribution in [0.2, 0.25) is 0 Å². The van der Waals surface area contributed by atoms with E-state index in [2.05, 4.69) is 15.4 Å². The summed E-state index contributed by atoms with van der Waals surface area (Å²) in [6.07, 6.45) is 1.74. The summed E-state index contributed by atoms with van der Waals surface area (Å²) in [5.74, 6) is 1.53. The summed E-state index contributed by atoms with van der Waals surface area (Å²) < 4.78 is 1.74. The van der Waals surface area contributed by atoms with Gasteiger partial charge in [-0.3, -0.25) is 4.68 Å². The minimum atomic E-state index is 0.557. The number of rotatable bonds is 1. The Balaban J connectivity index is 2.17. The van der Waals surface area contributed by atoms with Gasteiger partial charge in [0.05, 0.1) is 0 Å². The standard InChI is InChI=1S/C6H10N4/c1-10-4-8-6(9-10)5-2-7-3-5/h4-5,7H,2-3H2,1H3. The number of aryl methyl sites for hydroxylation is 1. The largest absolute Gasteiger partial charge is 0.315 e. The molecule has 54 valence electrons. The summed E-state index contributed by atoms with van der Waals surface area (Å²) in [5, 5.41) is 7.38.